The third-order valence-electron chi connectivity index (χ3n) is 0.447. The number of hydrogen-bond donors (Lipinski definition) is 0. The first-order chi connectivity index (χ1) is 2.77. The van der Waals surface area contributed by atoms with Gasteiger partial charge in [-0.2, -0.15) is 0 Å². The monoisotopic (exact) mass is 85.1 g/mol. The van der Waals surface area contributed by atoms with E-state index in [9.17, 15) is 0 Å². The molecule has 0 aromatic heterocycles. The maximum absolute atomic E-state index is 4.00. The lowest BCUT2D eigenvalue weighted by Crippen LogP contribution is -1.85. The van der Waals surface area contributed by atoms with Crippen LogP contribution in [-0.4, -0.2) is 12.3 Å². The molecule has 0 atom stereocenters. The number of nitrogens with zero attached hydrogens (tertiary/aromatic N) is 1. The van der Waals surface area contributed by atoms with Crippen LogP contribution in [0.2, 0.25) is 0 Å². The Hall–Kier alpha value is -0.330. The van der Waals surface area contributed by atoms with Gasteiger partial charge in [-0.15, -0.1) is 0 Å². The van der Waals surface area contributed by atoms with Gasteiger partial charge in [-0.05, 0) is 27.0 Å². The van der Waals surface area contributed by atoms with Crippen LogP contribution < -0.4 is 0 Å². The molecule has 1 heteroatoms. The molecular formula is C5H11N. The van der Waals surface area contributed by atoms with Crippen LogP contribution in [0.3, 0.4) is 0 Å². The van der Waals surface area contributed by atoms with Crippen LogP contribution in [0.5, 0.6) is 0 Å². The van der Waals surface area contributed by atoms with E-state index in [1.54, 1.807) is 0 Å². The molecule has 0 rings (SSSR count). The third kappa shape index (κ3) is 3.67. The Balaban J connectivity index is 3.03. The molecule has 0 fully saturated rings. The molecule has 0 aliphatic rings. The van der Waals surface area contributed by atoms with E-state index < -0.39 is 0 Å². The van der Waals surface area contributed by atoms with Crippen molar-refractivity contribution < 1.29 is 0 Å². The van der Waals surface area contributed by atoms with Gasteiger partial charge in [0.1, 0.15) is 0 Å². The van der Waals surface area contributed by atoms with Crippen molar-refractivity contribution in [1.29, 1.82) is 0 Å². The predicted molar refractivity (Wildman–Crippen MR) is 29.3 cm³/mol. The Morgan fingerprint density at radius 3 is 2.00 bits per heavy atom. The van der Waals surface area contributed by atoms with Crippen LogP contribution in [0.15, 0.2) is 4.99 Å². The van der Waals surface area contributed by atoms with E-state index in [2.05, 4.69) is 18.8 Å². The molecular weight excluding hydrogens is 74.1 g/mol. The summed E-state index contributed by atoms with van der Waals surface area (Å²) in [5.74, 6) is 0. The zero-order chi connectivity index (χ0) is 4.99. The summed E-state index contributed by atoms with van der Waals surface area (Å²) >= 11 is 0. The SMILES string of the molecule is CC=NC(C)C. The minimum Gasteiger partial charge on any atom is -0.295 e. The number of hydrogen-bond acceptors (Lipinski definition) is 1. The fourth-order valence-corrected chi connectivity index (χ4v) is 0.298. The van der Waals surface area contributed by atoms with Gasteiger partial charge in [0.2, 0.25) is 0 Å². The lowest BCUT2D eigenvalue weighted by molar-refractivity contribution is 0.840. The van der Waals surface area contributed by atoms with Gasteiger partial charge in [0.25, 0.3) is 0 Å². The maximum atomic E-state index is 4.00. The molecule has 0 aliphatic heterocycles. The molecule has 0 N–H and O–H groups in total. The molecule has 0 unspecified atom stereocenters. The van der Waals surface area contributed by atoms with Gasteiger partial charge < -0.3 is 0 Å². The van der Waals surface area contributed by atoms with Crippen molar-refractivity contribution in [3.63, 3.8) is 0 Å². The summed E-state index contributed by atoms with van der Waals surface area (Å²) in [7, 11) is 0. The Morgan fingerprint density at radius 1 is 1.50 bits per heavy atom. The highest BCUT2D eigenvalue weighted by molar-refractivity contribution is 5.53. The summed E-state index contributed by atoms with van der Waals surface area (Å²) in [6.07, 6.45) is 1.82. The third-order valence-corrected chi connectivity index (χ3v) is 0.447. The summed E-state index contributed by atoms with van der Waals surface area (Å²) in [5, 5.41) is 0. The van der Waals surface area contributed by atoms with Crippen molar-refractivity contribution in [3.05, 3.63) is 0 Å². The van der Waals surface area contributed by atoms with Crippen LogP contribution in [0.25, 0.3) is 0 Å². The van der Waals surface area contributed by atoms with Gasteiger partial charge >= 0.3 is 0 Å². The summed E-state index contributed by atoms with van der Waals surface area (Å²) < 4.78 is 0. The van der Waals surface area contributed by atoms with Crippen LogP contribution in [0, 0.1) is 0 Å². The van der Waals surface area contributed by atoms with Crippen molar-refractivity contribution in [2.45, 2.75) is 26.8 Å². The van der Waals surface area contributed by atoms with Gasteiger partial charge in [0, 0.05) is 6.04 Å². The highest BCUT2D eigenvalue weighted by Crippen LogP contribution is 1.80. The summed E-state index contributed by atoms with van der Waals surface area (Å²) in [6, 6.07) is 0.468. The van der Waals surface area contributed by atoms with Gasteiger partial charge in [-0.3, -0.25) is 4.99 Å². The molecule has 0 spiro atoms. The Labute approximate surface area is 39.1 Å². The molecule has 1 nitrogen and oxygen atoms in total. The lowest BCUT2D eigenvalue weighted by Gasteiger charge is -1.88. The van der Waals surface area contributed by atoms with E-state index in [-0.39, 0.29) is 0 Å². The fraction of sp³-hybridized carbons (Fsp3) is 0.800. The zero-order valence-electron chi connectivity index (χ0n) is 4.60. The largest absolute Gasteiger partial charge is 0.295 e. The highest BCUT2D eigenvalue weighted by atomic mass is 14.7. The molecule has 36 valence electrons. The second-order valence-corrected chi connectivity index (χ2v) is 1.50. The minimum absolute atomic E-state index is 0.468. The molecule has 0 bridgehead atoms. The Kier molecular flexibility index (Phi) is 2.73. The first kappa shape index (κ1) is 5.67. The van der Waals surface area contributed by atoms with Crippen LogP contribution >= 0.6 is 0 Å². The topological polar surface area (TPSA) is 12.4 Å². The quantitative estimate of drug-likeness (QED) is 0.428. The molecule has 0 saturated carbocycles. The van der Waals surface area contributed by atoms with E-state index >= 15 is 0 Å². The zero-order valence-corrected chi connectivity index (χ0v) is 4.60. The Morgan fingerprint density at radius 2 is 2.00 bits per heavy atom. The molecule has 0 aliphatic carbocycles. The van der Waals surface area contributed by atoms with E-state index in [0.717, 1.165) is 0 Å². The standard InChI is InChI=1S/C5H11N/c1-4-6-5(2)3/h4-5H,1-3H3. The van der Waals surface area contributed by atoms with Crippen molar-refractivity contribution in [2.75, 3.05) is 0 Å². The van der Waals surface area contributed by atoms with Gasteiger partial charge in [-0.25, -0.2) is 0 Å². The van der Waals surface area contributed by atoms with Crippen molar-refractivity contribution in [1.82, 2.24) is 0 Å². The molecule has 0 aromatic carbocycles. The first-order valence-corrected chi connectivity index (χ1v) is 2.25. The normalized spacial score (nSPS) is 11.3. The van der Waals surface area contributed by atoms with Crippen LogP contribution in [0.1, 0.15) is 20.8 Å². The molecule has 0 saturated heterocycles. The van der Waals surface area contributed by atoms with Gasteiger partial charge in [0.15, 0.2) is 0 Å². The number of aliphatic imine (C=N–C) groups is 1. The molecule has 6 heavy (non-hydrogen) atoms. The summed E-state index contributed by atoms with van der Waals surface area (Å²) in [5.41, 5.74) is 0. The molecule has 0 radical (unpaired) electrons. The second kappa shape index (κ2) is 2.88. The average molecular weight is 85.2 g/mol. The molecule has 0 amide bonds. The van der Waals surface area contributed by atoms with Crippen LogP contribution in [-0.2, 0) is 0 Å². The van der Waals surface area contributed by atoms with Crippen molar-refractivity contribution in [2.24, 2.45) is 4.99 Å². The fourth-order valence-electron chi connectivity index (χ4n) is 0.298. The predicted octanol–water partition coefficient (Wildman–Crippen LogP) is 1.49. The molecule has 0 aromatic rings. The molecule has 0 heterocycles. The van der Waals surface area contributed by atoms with E-state index in [1.807, 2.05) is 13.1 Å². The smallest absolute Gasteiger partial charge is 0.0439 e. The van der Waals surface area contributed by atoms with E-state index in [0.29, 0.717) is 6.04 Å². The summed E-state index contributed by atoms with van der Waals surface area (Å²) in [6.45, 7) is 6.04. The Bertz CT molecular complexity index is 45.9. The van der Waals surface area contributed by atoms with E-state index in [4.69, 9.17) is 0 Å². The van der Waals surface area contributed by atoms with Gasteiger partial charge in [0.05, 0.1) is 0 Å². The summed E-state index contributed by atoms with van der Waals surface area (Å²) in [4.78, 5) is 4.00. The highest BCUT2D eigenvalue weighted by Gasteiger charge is 1.76. The first-order valence-electron chi connectivity index (χ1n) is 2.25. The second-order valence-electron chi connectivity index (χ2n) is 1.50. The van der Waals surface area contributed by atoms with Crippen molar-refractivity contribution >= 4 is 6.21 Å². The van der Waals surface area contributed by atoms with E-state index in [1.165, 1.54) is 0 Å². The lowest BCUT2D eigenvalue weighted by atomic mass is 10.4. The number of rotatable bonds is 1. The van der Waals surface area contributed by atoms with Crippen LogP contribution in [0.4, 0.5) is 0 Å². The van der Waals surface area contributed by atoms with Crippen molar-refractivity contribution in [3.8, 4) is 0 Å². The average Bonchev–Trinajstić information content (AvgIpc) is 1.35. The minimum atomic E-state index is 0.468. The van der Waals surface area contributed by atoms with Gasteiger partial charge in [-0.1, -0.05) is 0 Å². The maximum Gasteiger partial charge on any atom is 0.0439 e.